The molecule has 0 radical (unpaired) electrons. The average molecular weight is 862 g/mol. The minimum Gasteiger partial charge on any atom is -0.352 e. The minimum absolute atomic E-state index is 0. The summed E-state index contributed by atoms with van der Waals surface area (Å²) in [6.45, 7) is 9.13. The molecule has 0 amide bonds. The van der Waals surface area contributed by atoms with Crippen molar-refractivity contribution < 1.29 is 21.1 Å². The van der Waals surface area contributed by atoms with Crippen molar-refractivity contribution in [3.8, 4) is 22.8 Å². The van der Waals surface area contributed by atoms with Crippen molar-refractivity contribution in [3.63, 3.8) is 0 Å². The van der Waals surface area contributed by atoms with E-state index in [1.807, 2.05) is 36.5 Å². The summed E-state index contributed by atoms with van der Waals surface area (Å²) in [6.07, 6.45) is 10.0. The molecular weight excluding hydrogens is 820 g/mol. The van der Waals surface area contributed by atoms with E-state index in [4.69, 9.17) is 9.97 Å². The van der Waals surface area contributed by atoms with Crippen molar-refractivity contribution in [2.45, 2.75) is 40.5 Å². The second-order valence-corrected chi connectivity index (χ2v) is 14.3. The summed E-state index contributed by atoms with van der Waals surface area (Å²) >= 11 is 0. The Hall–Kier alpha value is -5.19. The Kier molecular flexibility index (Phi) is 10.0. The van der Waals surface area contributed by atoms with Gasteiger partial charge in [0.05, 0.1) is 18.3 Å². The second kappa shape index (κ2) is 14.8. The molecule has 6 nitrogen and oxygen atoms in total. The minimum atomic E-state index is 0. The molecule has 0 bridgehead atoms. The van der Waals surface area contributed by atoms with Crippen LogP contribution in [0.15, 0.2) is 128 Å². The van der Waals surface area contributed by atoms with Crippen LogP contribution in [0.5, 0.6) is 0 Å². The van der Waals surface area contributed by atoms with E-state index in [1.54, 1.807) is 0 Å². The van der Waals surface area contributed by atoms with Gasteiger partial charge in [-0.2, -0.15) is 6.07 Å². The number of rotatable bonds is 10. The van der Waals surface area contributed by atoms with Gasteiger partial charge < -0.3 is 18.6 Å². The van der Waals surface area contributed by atoms with Crippen LogP contribution >= 0.6 is 0 Å². The summed E-state index contributed by atoms with van der Waals surface area (Å²) in [4.78, 5) is 11.9. The first-order valence-electron chi connectivity index (χ1n) is 17.8. The van der Waals surface area contributed by atoms with Crippen molar-refractivity contribution in [3.05, 3.63) is 151 Å². The van der Waals surface area contributed by atoms with Crippen molar-refractivity contribution >= 4 is 38.9 Å². The topological polar surface area (TPSA) is 43.8 Å². The smallest absolute Gasteiger partial charge is 0.352 e. The van der Waals surface area contributed by atoms with Gasteiger partial charge in [-0.05, 0) is 71.3 Å². The van der Waals surface area contributed by atoms with E-state index in [9.17, 15) is 0 Å². The van der Waals surface area contributed by atoms with Gasteiger partial charge in [-0.1, -0.05) is 93.5 Å². The predicted molar refractivity (Wildman–Crippen MR) is 210 cm³/mol. The molecule has 0 N–H and O–H groups in total. The van der Waals surface area contributed by atoms with E-state index >= 15 is 0 Å². The second-order valence-electron chi connectivity index (χ2n) is 14.3. The number of para-hydroxylation sites is 3. The first-order chi connectivity index (χ1) is 24.8. The Morgan fingerprint density at radius 2 is 1.35 bits per heavy atom. The van der Waals surface area contributed by atoms with E-state index < -0.39 is 0 Å². The number of anilines is 3. The molecule has 0 aliphatic carbocycles. The first kappa shape index (κ1) is 35.2. The fourth-order valence-corrected chi connectivity index (χ4v) is 7.26. The summed E-state index contributed by atoms with van der Waals surface area (Å²) < 4.78 is 6.40. The molecule has 5 aromatic carbocycles. The summed E-state index contributed by atoms with van der Waals surface area (Å²) in [6, 6.07) is 43.9. The number of nitrogens with zero attached hydrogens (tertiary/aromatic N) is 6. The van der Waals surface area contributed by atoms with Crippen molar-refractivity contribution in [2.75, 3.05) is 4.90 Å². The zero-order chi connectivity index (χ0) is 35.1. The molecule has 3 aromatic heterocycles. The third-order valence-electron chi connectivity index (χ3n) is 9.34. The van der Waals surface area contributed by atoms with Crippen molar-refractivity contribution in [1.29, 1.82) is 0 Å². The molecule has 0 spiro atoms. The number of hydrogen-bond donors (Lipinski definition) is 0. The molecule has 0 aliphatic heterocycles. The Balaban J connectivity index is 0.00000420. The first-order valence-corrected chi connectivity index (χ1v) is 17.8. The van der Waals surface area contributed by atoms with Gasteiger partial charge in [0.1, 0.15) is 0 Å². The van der Waals surface area contributed by atoms with Gasteiger partial charge >= 0.3 is 21.1 Å². The molecule has 0 atom stereocenters. The summed E-state index contributed by atoms with van der Waals surface area (Å²) in [5, 5.41) is 2.30. The molecular formula is C45H42N6Pt. The molecule has 262 valence electrons. The monoisotopic (exact) mass is 861 g/mol. The van der Waals surface area contributed by atoms with Crippen molar-refractivity contribution in [2.24, 2.45) is 18.9 Å². The van der Waals surface area contributed by atoms with Crippen LogP contribution in [0.1, 0.15) is 38.8 Å². The normalized spacial score (nSPS) is 11.5. The van der Waals surface area contributed by atoms with Gasteiger partial charge in [0.25, 0.3) is 0 Å². The summed E-state index contributed by atoms with van der Waals surface area (Å²) in [5.74, 6) is 1.96. The van der Waals surface area contributed by atoms with Gasteiger partial charge in [-0.25, -0.2) is 4.98 Å². The Morgan fingerprint density at radius 3 is 2.06 bits per heavy atom. The Labute approximate surface area is 320 Å². The third-order valence-corrected chi connectivity index (χ3v) is 9.34. The summed E-state index contributed by atoms with van der Waals surface area (Å²) in [5.41, 5.74) is 10.7. The number of fused-ring (bicyclic) bond motifs is 3. The zero-order valence-electron chi connectivity index (χ0n) is 30.2. The molecule has 8 rings (SSSR count). The number of imidazole rings is 2. The maximum atomic E-state index is 4.95. The standard InChI is InChI=1S/C45H42N6.Pt/c1-31(2)23-34-14-11-15-35(24-32(3)4)45(34)49-27-41(46-30-49)33-13-12-18-37(25-33)50(36-16-7-6-8-17-36)38-21-22-40-39-19-9-10-20-42(39)51(43(40)26-38)44-28-48(5)29-47-44;/h6-22,27-32H,23-24H2,1-5H3;/q-2;+2. The van der Waals surface area contributed by atoms with E-state index in [0.29, 0.717) is 11.8 Å². The van der Waals surface area contributed by atoms with Crippen LogP contribution in [0.2, 0.25) is 0 Å². The molecule has 0 saturated carbocycles. The molecule has 0 aliphatic rings. The predicted octanol–water partition coefficient (Wildman–Crippen LogP) is 10.8. The van der Waals surface area contributed by atoms with Gasteiger partial charge in [0.2, 0.25) is 0 Å². The van der Waals surface area contributed by atoms with Crippen LogP contribution in [-0.4, -0.2) is 23.7 Å². The molecule has 0 unspecified atom stereocenters. The number of aromatic nitrogens is 5. The van der Waals surface area contributed by atoms with Crippen LogP contribution in [0, 0.1) is 24.0 Å². The van der Waals surface area contributed by atoms with Crippen molar-refractivity contribution in [1.82, 2.24) is 23.7 Å². The fraction of sp³-hybridized carbons (Fsp3) is 0.200. The number of aryl methyl sites for hydroxylation is 1. The Bertz CT molecular complexity index is 2440. The van der Waals surface area contributed by atoms with Crippen LogP contribution in [0.3, 0.4) is 0 Å². The van der Waals surface area contributed by atoms with E-state index in [2.05, 4.69) is 157 Å². The molecule has 52 heavy (non-hydrogen) atoms. The van der Waals surface area contributed by atoms with Gasteiger partial charge in [0, 0.05) is 30.1 Å². The van der Waals surface area contributed by atoms with Crippen LogP contribution < -0.4 is 4.90 Å². The fourth-order valence-electron chi connectivity index (χ4n) is 7.26. The van der Waals surface area contributed by atoms with Crippen LogP contribution in [0.4, 0.5) is 17.1 Å². The Morgan fingerprint density at radius 1 is 0.654 bits per heavy atom. The largest absolute Gasteiger partial charge is 2.00 e. The zero-order valence-corrected chi connectivity index (χ0v) is 32.5. The number of benzene rings is 5. The molecule has 0 fully saturated rings. The van der Waals surface area contributed by atoms with E-state index in [1.165, 1.54) is 22.2 Å². The average Bonchev–Trinajstić information content (AvgIpc) is 3.86. The quantitative estimate of drug-likeness (QED) is 0.129. The van der Waals surface area contributed by atoms with E-state index in [0.717, 1.165) is 63.4 Å². The molecule has 0 saturated heterocycles. The molecule has 7 heteroatoms. The van der Waals surface area contributed by atoms with Gasteiger partial charge in [-0.15, -0.1) is 47.3 Å². The third kappa shape index (κ3) is 6.76. The van der Waals surface area contributed by atoms with Crippen LogP contribution in [-0.2, 0) is 41.0 Å². The SMILES string of the molecule is CC(C)Cc1cccc(CC(C)C)c1-n1cnc(-c2[c-]c(N(c3[c-]c4c(cc3)c3ccccc3n4-c3cn(C)cn3)c3ccccc3)ccc2)c1.[Pt+2]. The molecule has 3 heterocycles. The maximum absolute atomic E-state index is 4.95. The summed E-state index contributed by atoms with van der Waals surface area (Å²) in [7, 11) is 2.00. The van der Waals surface area contributed by atoms with E-state index in [-0.39, 0.29) is 21.1 Å². The van der Waals surface area contributed by atoms with Crippen LogP contribution in [0.25, 0.3) is 44.6 Å². The number of hydrogen-bond acceptors (Lipinski definition) is 3. The van der Waals surface area contributed by atoms with Gasteiger partial charge in [-0.3, -0.25) is 4.98 Å². The van der Waals surface area contributed by atoms with Gasteiger partial charge in [0.15, 0.2) is 5.82 Å². The maximum Gasteiger partial charge on any atom is 2.00 e. The molecule has 8 aromatic rings.